The smallest absolute Gasteiger partial charge is 0.127 e. The van der Waals surface area contributed by atoms with Crippen LogP contribution in [0.5, 0.6) is 11.5 Å². The van der Waals surface area contributed by atoms with E-state index in [0.717, 1.165) is 22.3 Å². The Morgan fingerprint density at radius 3 is 1.79 bits per heavy atom. The second kappa shape index (κ2) is 5.52. The van der Waals surface area contributed by atoms with Gasteiger partial charge in [-0.25, -0.2) is 0 Å². The fraction of sp³-hybridized carbons (Fsp3) is 0.412. The fourth-order valence-electron chi connectivity index (χ4n) is 2.12. The van der Waals surface area contributed by atoms with Crippen LogP contribution in [0.4, 0.5) is 0 Å². The molecule has 0 unspecified atom stereocenters. The molecule has 2 heteroatoms. The van der Waals surface area contributed by atoms with E-state index >= 15 is 0 Å². The van der Waals surface area contributed by atoms with Gasteiger partial charge in [-0.1, -0.05) is 17.7 Å². The first-order valence-electron chi connectivity index (χ1n) is 6.84. The SMILES string of the molecule is Cc1ccc2c(OC(C)C)ccc(OC(C)C)c2c1. The van der Waals surface area contributed by atoms with Crippen molar-refractivity contribution >= 4 is 10.8 Å². The molecule has 2 nitrogen and oxygen atoms in total. The molecule has 2 aromatic carbocycles. The first-order chi connectivity index (χ1) is 8.97. The minimum absolute atomic E-state index is 0.167. The van der Waals surface area contributed by atoms with Gasteiger partial charge in [0.1, 0.15) is 11.5 Å². The normalized spacial score (nSPS) is 11.3. The highest BCUT2D eigenvalue weighted by Gasteiger charge is 2.10. The summed E-state index contributed by atoms with van der Waals surface area (Å²) < 4.78 is 11.8. The third kappa shape index (κ3) is 3.19. The Kier molecular flexibility index (Phi) is 3.98. The van der Waals surface area contributed by atoms with E-state index in [0.29, 0.717) is 0 Å². The van der Waals surface area contributed by atoms with Crippen molar-refractivity contribution in [3.63, 3.8) is 0 Å². The van der Waals surface area contributed by atoms with E-state index in [2.05, 4.69) is 25.1 Å². The molecule has 2 rings (SSSR count). The van der Waals surface area contributed by atoms with Gasteiger partial charge in [0, 0.05) is 10.8 Å². The molecule has 0 N–H and O–H groups in total. The molecule has 19 heavy (non-hydrogen) atoms. The van der Waals surface area contributed by atoms with Crippen LogP contribution < -0.4 is 9.47 Å². The maximum atomic E-state index is 5.89. The number of aryl methyl sites for hydroxylation is 1. The van der Waals surface area contributed by atoms with Crippen LogP contribution in [0.1, 0.15) is 33.3 Å². The molecule has 2 aromatic rings. The molecule has 0 saturated carbocycles. The Morgan fingerprint density at radius 1 is 0.737 bits per heavy atom. The van der Waals surface area contributed by atoms with Crippen LogP contribution in [0, 0.1) is 6.92 Å². The predicted molar refractivity (Wildman–Crippen MR) is 80.2 cm³/mol. The van der Waals surface area contributed by atoms with Crippen molar-refractivity contribution in [2.24, 2.45) is 0 Å². The van der Waals surface area contributed by atoms with Gasteiger partial charge in [0.05, 0.1) is 12.2 Å². The average Bonchev–Trinajstić information content (AvgIpc) is 2.31. The lowest BCUT2D eigenvalue weighted by molar-refractivity contribution is 0.239. The van der Waals surface area contributed by atoms with Crippen LogP contribution in [-0.2, 0) is 0 Å². The van der Waals surface area contributed by atoms with E-state index in [-0.39, 0.29) is 12.2 Å². The lowest BCUT2D eigenvalue weighted by Crippen LogP contribution is -2.08. The molecule has 0 spiro atoms. The van der Waals surface area contributed by atoms with Gasteiger partial charge in [-0.15, -0.1) is 0 Å². The summed E-state index contributed by atoms with van der Waals surface area (Å²) in [6.07, 6.45) is 0.335. The first-order valence-corrected chi connectivity index (χ1v) is 6.84. The summed E-state index contributed by atoms with van der Waals surface area (Å²) in [6.45, 7) is 10.3. The topological polar surface area (TPSA) is 18.5 Å². The maximum Gasteiger partial charge on any atom is 0.127 e. The Morgan fingerprint density at radius 2 is 1.26 bits per heavy atom. The quantitative estimate of drug-likeness (QED) is 0.789. The zero-order valence-electron chi connectivity index (χ0n) is 12.4. The lowest BCUT2D eigenvalue weighted by Gasteiger charge is -2.17. The number of hydrogen-bond acceptors (Lipinski definition) is 2. The zero-order chi connectivity index (χ0) is 14.0. The lowest BCUT2D eigenvalue weighted by atomic mass is 10.1. The molecule has 0 aliphatic rings. The predicted octanol–water partition coefficient (Wildman–Crippen LogP) is 4.72. The molecule has 0 radical (unpaired) electrons. The highest BCUT2D eigenvalue weighted by atomic mass is 16.5. The van der Waals surface area contributed by atoms with Crippen molar-refractivity contribution in [1.29, 1.82) is 0 Å². The summed E-state index contributed by atoms with van der Waals surface area (Å²) >= 11 is 0. The van der Waals surface area contributed by atoms with Crippen LogP contribution in [0.15, 0.2) is 30.3 Å². The van der Waals surface area contributed by atoms with Crippen LogP contribution in [0.3, 0.4) is 0 Å². The van der Waals surface area contributed by atoms with Crippen molar-refractivity contribution in [3.8, 4) is 11.5 Å². The minimum Gasteiger partial charge on any atom is -0.490 e. The Hall–Kier alpha value is -1.70. The van der Waals surface area contributed by atoms with Gasteiger partial charge in [0.25, 0.3) is 0 Å². The van der Waals surface area contributed by atoms with Gasteiger partial charge in [0.15, 0.2) is 0 Å². The fourth-order valence-corrected chi connectivity index (χ4v) is 2.12. The number of benzene rings is 2. The van der Waals surface area contributed by atoms with Gasteiger partial charge in [-0.05, 0) is 52.8 Å². The van der Waals surface area contributed by atoms with Gasteiger partial charge in [0.2, 0.25) is 0 Å². The van der Waals surface area contributed by atoms with Crippen molar-refractivity contribution in [1.82, 2.24) is 0 Å². The molecule has 0 fully saturated rings. The van der Waals surface area contributed by atoms with Crippen molar-refractivity contribution in [3.05, 3.63) is 35.9 Å². The van der Waals surface area contributed by atoms with Gasteiger partial charge in [-0.2, -0.15) is 0 Å². The van der Waals surface area contributed by atoms with E-state index in [4.69, 9.17) is 9.47 Å². The second-order valence-corrected chi connectivity index (χ2v) is 5.44. The van der Waals surface area contributed by atoms with Crippen LogP contribution in [0.2, 0.25) is 0 Å². The summed E-state index contributed by atoms with van der Waals surface area (Å²) in [5, 5.41) is 2.23. The first kappa shape index (κ1) is 13.7. The summed E-state index contributed by atoms with van der Waals surface area (Å²) in [5.41, 5.74) is 1.22. The molecule has 0 amide bonds. The summed E-state index contributed by atoms with van der Waals surface area (Å²) in [4.78, 5) is 0. The molecular formula is C17H22O2. The van der Waals surface area contributed by atoms with Gasteiger partial charge < -0.3 is 9.47 Å². The Bertz CT molecular complexity index is 571. The van der Waals surface area contributed by atoms with Crippen molar-refractivity contribution in [2.45, 2.75) is 46.8 Å². The maximum absolute atomic E-state index is 5.89. The third-order valence-electron chi connectivity index (χ3n) is 2.82. The molecule has 0 saturated heterocycles. The van der Waals surface area contributed by atoms with Gasteiger partial charge >= 0.3 is 0 Å². The molecule has 0 aliphatic carbocycles. The molecule has 0 heterocycles. The van der Waals surface area contributed by atoms with E-state index in [1.807, 2.05) is 39.8 Å². The molecule has 102 valence electrons. The summed E-state index contributed by atoms with van der Waals surface area (Å²) in [5.74, 6) is 1.84. The van der Waals surface area contributed by atoms with Crippen molar-refractivity contribution in [2.75, 3.05) is 0 Å². The van der Waals surface area contributed by atoms with Crippen LogP contribution in [-0.4, -0.2) is 12.2 Å². The van der Waals surface area contributed by atoms with E-state index in [1.54, 1.807) is 0 Å². The highest BCUT2D eigenvalue weighted by Crippen LogP contribution is 2.34. The number of fused-ring (bicyclic) bond motifs is 1. The molecular weight excluding hydrogens is 236 g/mol. The number of rotatable bonds is 4. The monoisotopic (exact) mass is 258 g/mol. The summed E-state index contributed by atoms with van der Waals surface area (Å²) in [6, 6.07) is 10.4. The van der Waals surface area contributed by atoms with E-state index in [1.165, 1.54) is 5.56 Å². The van der Waals surface area contributed by atoms with E-state index in [9.17, 15) is 0 Å². The number of hydrogen-bond donors (Lipinski definition) is 0. The number of ether oxygens (including phenoxy) is 2. The van der Waals surface area contributed by atoms with Crippen molar-refractivity contribution < 1.29 is 9.47 Å². The molecule has 0 aromatic heterocycles. The Balaban J connectivity index is 2.57. The highest BCUT2D eigenvalue weighted by molar-refractivity contribution is 5.93. The summed E-state index contributed by atoms with van der Waals surface area (Å²) in [7, 11) is 0. The Labute approximate surface area is 115 Å². The molecule has 0 bridgehead atoms. The average molecular weight is 258 g/mol. The van der Waals surface area contributed by atoms with Gasteiger partial charge in [-0.3, -0.25) is 0 Å². The second-order valence-electron chi connectivity index (χ2n) is 5.44. The minimum atomic E-state index is 0.167. The third-order valence-corrected chi connectivity index (χ3v) is 2.82. The largest absolute Gasteiger partial charge is 0.490 e. The van der Waals surface area contributed by atoms with Crippen LogP contribution >= 0.6 is 0 Å². The molecule has 0 aliphatic heterocycles. The van der Waals surface area contributed by atoms with E-state index < -0.39 is 0 Å². The zero-order valence-corrected chi connectivity index (χ0v) is 12.4. The molecule has 0 atom stereocenters. The standard InChI is InChI=1S/C17H22O2/c1-11(2)18-16-8-9-17(19-12(3)4)15-10-13(5)6-7-14(15)16/h6-12H,1-5H3. The van der Waals surface area contributed by atoms with Crippen LogP contribution in [0.25, 0.3) is 10.8 Å².